The molecular weight excluding hydrogens is 409 g/mol. The van der Waals surface area contributed by atoms with Crippen molar-refractivity contribution in [1.82, 2.24) is 14.1 Å². The Morgan fingerprint density at radius 3 is 2.44 bits per heavy atom. The van der Waals surface area contributed by atoms with Gasteiger partial charge in [0.25, 0.3) is 0 Å². The maximum atomic E-state index is 15.7. The van der Waals surface area contributed by atoms with Crippen LogP contribution in [-0.2, 0) is 13.6 Å². The largest absolute Gasteiger partial charge is 0.457 e. The number of pyridine rings is 1. The van der Waals surface area contributed by atoms with Crippen LogP contribution in [0.1, 0.15) is 20.8 Å². The Morgan fingerprint density at radius 2 is 1.75 bits per heavy atom. The van der Waals surface area contributed by atoms with Crippen LogP contribution in [0.25, 0.3) is 22.2 Å². The van der Waals surface area contributed by atoms with Crippen molar-refractivity contribution in [3.63, 3.8) is 0 Å². The molecule has 0 aliphatic heterocycles. The van der Waals surface area contributed by atoms with E-state index in [1.807, 2.05) is 20.8 Å². The highest BCUT2D eigenvalue weighted by Crippen LogP contribution is 2.36. The molecule has 7 nitrogen and oxygen atoms in total. The summed E-state index contributed by atoms with van der Waals surface area (Å²) in [5.41, 5.74) is 13.4. The normalized spacial score (nSPS) is 11.8. The highest BCUT2D eigenvalue weighted by atomic mass is 19.1. The Morgan fingerprint density at radius 1 is 1.03 bits per heavy atom. The summed E-state index contributed by atoms with van der Waals surface area (Å²) in [7, 11) is 1.58. The first-order valence-electron chi connectivity index (χ1n) is 10.2. The van der Waals surface area contributed by atoms with E-state index < -0.39 is 5.82 Å². The monoisotopic (exact) mass is 435 g/mol. The van der Waals surface area contributed by atoms with Gasteiger partial charge < -0.3 is 16.2 Å². The van der Waals surface area contributed by atoms with E-state index in [0.29, 0.717) is 46.2 Å². The fourth-order valence-corrected chi connectivity index (χ4v) is 3.77. The van der Waals surface area contributed by atoms with Gasteiger partial charge in [0, 0.05) is 42.7 Å². The number of rotatable bonds is 4. The van der Waals surface area contributed by atoms with Crippen LogP contribution in [-0.4, -0.2) is 14.1 Å². The molecule has 2 aromatic carbocycles. The Kier molecular flexibility index (Phi) is 5.16. The lowest BCUT2D eigenvalue weighted by Gasteiger charge is -2.18. The van der Waals surface area contributed by atoms with Gasteiger partial charge in [-0.2, -0.15) is 0 Å². The van der Waals surface area contributed by atoms with Crippen LogP contribution in [0.2, 0.25) is 0 Å². The summed E-state index contributed by atoms with van der Waals surface area (Å²) >= 11 is 0. The van der Waals surface area contributed by atoms with Gasteiger partial charge in [0.2, 0.25) is 0 Å². The van der Waals surface area contributed by atoms with Gasteiger partial charge in [0.1, 0.15) is 22.8 Å². The summed E-state index contributed by atoms with van der Waals surface area (Å²) in [4.78, 5) is 16.8. The number of nitrogens with two attached hydrogens (primary N) is 2. The van der Waals surface area contributed by atoms with E-state index in [9.17, 15) is 4.79 Å². The van der Waals surface area contributed by atoms with Gasteiger partial charge in [-0.25, -0.2) is 14.2 Å². The quantitative estimate of drug-likeness (QED) is 0.458. The van der Waals surface area contributed by atoms with Gasteiger partial charge in [-0.15, -0.1) is 0 Å². The van der Waals surface area contributed by atoms with Crippen molar-refractivity contribution in [2.75, 3.05) is 11.5 Å². The molecule has 4 N–H and O–H groups in total. The number of aryl methyl sites for hydroxylation is 1. The predicted octanol–water partition coefficient (Wildman–Crippen LogP) is 4.54. The average molecular weight is 436 g/mol. The topological polar surface area (TPSA) is 101 Å². The van der Waals surface area contributed by atoms with Crippen LogP contribution in [0.4, 0.5) is 15.9 Å². The van der Waals surface area contributed by atoms with Gasteiger partial charge in [0.05, 0.1) is 5.52 Å². The number of benzene rings is 2. The fourth-order valence-electron chi connectivity index (χ4n) is 3.77. The van der Waals surface area contributed by atoms with Gasteiger partial charge in [0.15, 0.2) is 5.82 Å². The third-order valence-corrected chi connectivity index (χ3v) is 5.17. The highest BCUT2D eigenvalue weighted by molar-refractivity contribution is 5.87. The summed E-state index contributed by atoms with van der Waals surface area (Å²) < 4.78 is 24.5. The lowest BCUT2D eigenvalue weighted by molar-refractivity contribution is 0.342. The summed E-state index contributed by atoms with van der Waals surface area (Å²) in [6.45, 7) is 6.57. The number of aromatic nitrogens is 3. The second-order valence-electron chi connectivity index (χ2n) is 9.05. The first-order valence-corrected chi connectivity index (χ1v) is 10.2. The number of ether oxygens (including phenoxy) is 1. The van der Waals surface area contributed by atoms with Crippen molar-refractivity contribution in [2.24, 2.45) is 12.5 Å². The third kappa shape index (κ3) is 3.91. The number of imidazole rings is 1. The molecule has 2 heterocycles. The van der Waals surface area contributed by atoms with Crippen molar-refractivity contribution in [3.8, 4) is 22.6 Å². The Bertz CT molecular complexity index is 1380. The molecule has 0 fully saturated rings. The minimum Gasteiger partial charge on any atom is -0.457 e. The van der Waals surface area contributed by atoms with E-state index in [0.717, 1.165) is 0 Å². The van der Waals surface area contributed by atoms with Crippen molar-refractivity contribution in [2.45, 2.75) is 27.3 Å². The van der Waals surface area contributed by atoms with Gasteiger partial charge in [-0.3, -0.25) is 9.13 Å². The van der Waals surface area contributed by atoms with E-state index >= 15 is 4.39 Å². The van der Waals surface area contributed by atoms with E-state index in [1.165, 1.54) is 4.57 Å². The molecule has 0 spiro atoms. The van der Waals surface area contributed by atoms with Gasteiger partial charge >= 0.3 is 5.69 Å². The number of fused-ring (bicyclic) bond motifs is 1. The maximum absolute atomic E-state index is 15.7. The number of hydrogen-bond acceptors (Lipinski definition) is 5. The molecule has 0 atom stereocenters. The molecule has 0 bridgehead atoms. The summed E-state index contributed by atoms with van der Waals surface area (Å²) in [6, 6.07) is 11.7. The lowest BCUT2D eigenvalue weighted by atomic mass is 9.96. The first kappa shape index (κ1) is 21.4. The molecule has 0 saturated heterocycles. The van der Waals surface area contributed by atoms with E-state index in [4.69, 9.17) is 16.2 Å². The van der Waals surface area contributed by atoms with Crippen molar-refractivity contribution >= 4 is 22.5 Å². The zero-order valence-corrected chi connectivity index (χ0v) is 18.5. The van der Waals surface area contributed by atoms with E-state index in [-0.39, 0.29) is 16.6 Å². The summed E-state index contributed by atoms with van der Waals surface area (Å²) in [6.07, 6.45) is 1.54. The minimum absolute atomic E-state index is 0.139. The van der Waals surface area contributed by atoms with Crippen molar-refractivity contribution in [1.29, 1.82) is 0 Å². The SMILES string of the molecule is Cn1c(=O)n(CC(C)(C)C)c2ccc(-c3cc(Oc4ccnc(N)c4)ccc3N)c(F)c21. The summed E-state index contributed by atoms with van der Waals surface area (Å²) in [5, 5.41) is 0. The molecular formula is C24H26FN5O2. The average Bonchev–Trinajstić information content (AvgIpc) is 2.94. The lowest BCUT2D eigenvalue weighted by Crippen LogP contribution is -2.27. The third-order valence-electron chi connectivity index (χ3n) is 5.17. The molecule has 0 unspecified atom stereocenters. The standard InChI is InChI=1S/C24H26FN5O2/c1-24(2,3)13-30-19-8-6-16(21(25)22(19)29(4)23(30)31)17-11-14(5-7-18(17)26)32-15-9-10-28-20(27)12-15/h5-12H,13,26H2,1-4H3,(H2,27,28). The van der Waals surface area contributed by atoms with Crippen molar-refractivity contribution in [3.05, 3.63) is 65.0 Å². The van der Waals surface area contributed by atoms with Crippen LogP contribution < -0.4 is 21.9 Å². The van der Waals surface area contributed by atoms with Crippen LogP contribution in [0.15, 0.2) is 53.5 Å². The number of hydrogen-bond donors (Lipinski definition) is 2. The van der Waals surface area contributed by atoms with Gasteiger partial charge in [-0.05, 0) is 41.8 Å². The molecule has 0 saturated carbocycles. The number of nitrogen functional groups attached to an aromatic ring is 2. The Hall–Kier alpha value is -3.81. The molecule has 0 aliphatic carbocycles. The zero-order chi connectivity index (χ0) is 23.2. The molecule has 4 rings (SSSR count). The molecule has 4 aromatic rings. The second-order valence-corrected chi connectivity index (χ2v) is 9.05. The van der Waals surface area contributed by atoms with Crippen LogP contribution in [0.5, 0.6) is 11.5 Å². The highest BCUT2D eigenvalue weighted by Gasteiger charge is 2.22. The second kappa shape index (κ2) is 7.71. The van der Waals surface area contributed by atoms with Crippen LogP contribution in [0, 0.1) is 11.2 Å². The molecule has 32 heavy (non-hydrogen) atoms. The molecule has 0 radical (unpaired) electrons. The molecule has 0 amide bonds. The zero-order valence-electron chi connectivity index (χ0n) is 18.5. The predicted molar refractivity (Wildman–Crippen MR) is 125 cm³/mol. The van der Waals surface area contributed by atoms with Gasteiger partial charge in [-0.1, -0.05) is 20.8 Å². The Balaban J connectivity index is 1.82. The molecule has 2 aromatic heterocycles. The maximum Gasteiger partial charge on any atom is 0.328 e. The van der Waals surface area contributed by atoms with Crippen LogP contribution in [0.3, 0.4) is 0 Å². The van der Waals surface area contributed by atoms with E-state index in [2.05, 4.69) is 4.98 Å². The number of anilines is 2. The van der Waals surface area contributed by atoms with Crippen molar-refractivity contribution < 1.29 is 9.13 Å². The molecule has 8 heteroatoms. The Labute approximate surface area is 185 Å². The molecule has 0 aliphatic rings. The summed E-state index contributed by atoms with van der Waals surface area (Å²) in [5.74, 6) is 0.798. The number of nitrogens with zero attached hydrogens (tertiary/aromatic N) is 3. The minimum atomic E-state index is -0.508. The molecule has 166 valence electrons. The van der Waals surface area contributed by atoms with E-state index in [1.54, 1.807) is 60.3 Å². The number of halogens is 1. The van der Waals surface area contributed by atoms with Crippen LogP contribution >= 0.6 is 0 Å². The fraction of sp³-hybridized carbons (Fsp3) is 0.250. The smallest absolute Gasteiger partial charge is 0.328 e. The first-order chi connectivity index (χ1) is 15.0.